The summed E-state index contributed by atoms with van der Waals surface area (Å²) in [5.41, 5.74) is 1.35. The van der Waals surface area contributed by atoms with Gasteiger partial charge in [-0.3, -0.25) is 4.90 Å². The Labute approximate surface area is 120 Å². The fourth-order valence-corrected chi connectivity index (χ4v) is 3.68. The Balaban J connectivity index is 1.72. The highest BCUT2D eigenvalue weighted by atomic mass is 16.5. The van der Waals surface area contributed by atoms with Crippen molar-refractivity contribution in [1.82, 2.24) is 9.80 Å². The first-order chi connectivity index (χ1) is 9.70. The number of carbonyl (C=O) groups excluding carboxylic acids is 1. The van der Waals surface area contributed by atoms with Gasteiger partial charge in [0.2, 0.25) is 0 Å². The monoisotopic (exact) mass is 274 g/mol. The molecule has 2 aliphatic rings. The van der Waals surface area contributed by atoms with Crippen LogP contribution in [0.3, 0.4) is 0 Å². The van der Waals surface area contributed by atoms with E-state index in [0.29, 0.717) is 18.0 Å². The van der Waals surface area contributed by atoms with Crippen molar-refractivity contribution in [1.29, 1.82) is 0 Å². The Morgan fingerprint density at radius 2 is 2.05 bits per heavy atom. The molecule has 4 heteroatoms. The molecule has 0 spiro atoms. The third kappa shape index (κ3) is 2.29. The van der Waals surface area contributed by atoms with Crippen LogP contribution in [0.2, 0.25) is 0 Å². The van der Waals surface area contributed by atoms with Crippen molar-refractivity contribution in [3.63, 3.8) is 0 Å². The lowest BCUT2D eigenvalue weighted by Gasteiger charge is -2.30. The quantitative estimate of drug-likeness (QED) is 0.831. The lowest BCUT2D eigenvalue weighted by atomic mass is 10.0. The van der Waals surface area contributed by atoms with Crippen LogP contribution in [0.15, 0.2) is 30.3 Å². The molecule has 0 N–H and O–H groups in total. The molecule has 1 amide bonds. The zero-order valence-electron chi connectivity index (χ0n) is 12.2. The van der Waals surface area contributed by atoms with E-state index in [0.717, 1.165) is 19.6 Å². The highest BCUT2D eigenvalue weighted by Gasteiger charge is 2.44. The molecular weight excluding hydrogens is 252 g/mol. The third-order valence-electron chi connectivity index (χ3n) is 4.80. The molecule has 2 aliphatic heterocycles. The molecular formula is C16H22N2O2. The second-order valence-corrected chi connectivity index (χ2v) is 5.82. The summed E-state index contributed by atoms with van der Waals surface area (Å²) in [5, 5.41) is 0. The lowest BCUT2D eigenvalue weighted by Crippen LogP contribution is -2.38. The van der Waals surface area contributed by atoms with Gasteiger partial charge in [0.1, 0.15) is 0 Å². The summed E-state index contributed by atoms with van der Waals surface area (Å²) < 4.78 is 4.85. The maximum atomic E-state index is 11.7. The smallest absolute Gasteiger partial charge is 0.409 e. The van der Waals surface area contributed by atoms with Crippen LogP contribution in [-0.2, 0) is 4.74 Å². The molecule has 3 rings (SSSR count). The zero-order chi connectivity index (χ0) is 14.1. The van der Waals surface area contributed by atoms with E-state index >= 15 is 0 Å². The van der Waals surface area contributed by atoms with Crippen molar-refractivity contribution >= 4 is 6.09 Å². The minimum atomic E-state index is -0.188. The summed E-state index contributed by atoms with van der Waals surface area (Å²) in [5.74, 6) is 0.597. The first kappa shape index (κ1) is 13.4. The zero-order valence-corrected chi connectivity index (χ0v) is 12.2. The summed E-state index contributed by atoms with van der Waals surface area (Å²) in [6.45, 7) is 5.03. The van der Waals surface area contributed by atoms with E-state index in [1.165, 1.54) is 19.1 Å². The second kappa shape index (κ2) is 5.44. The van der Waals surface area contributed by atoms with Gasteiger partial charge >= 0.3 is 6.09 Å². The fourth-order valence-electron chi connectivity index (χ4n) is 3.68. The molecule has 2 fully saturated rings. The molecule has 108 valence electrons. The van der Waals surface area contributed by atoms with Crippen LogP contribution in [0.4, 0.5) is 4.79 Å². The van der Waals surface area contributed by atoms with Crippen LogP contribution in [0.5, 0.6) is 0 Å². The fraction of sp³-hybridized carbons (Fsp3) is 0.562. The topological polar surface area (TPSA) is 32.8 Å². The summed E-state index contributed by atoms with van der Waals surface area (Å²) in [7, 11) is 1.46. The first-order valence-electron chi connectivity index (χ1n) is 7.34. The molecule has 4 nitrogen and oxygen atoms in total. The molecule has 0 unspecified atom stereocenters. The highest BCUT2D eigenvalue weighted by molar-refractivity contribution is 5.68. The van der Waals surface area contributed by atoms with Crippen LogP contribution in [0.1, 0.15) is 24.9 Å². The summed E-state index contributed by atoms with van der Waals surface area (Å²) in [6.07, 6.45) is 0.988. The molecule has 0 bridgehead atoms. The van der Waals surface area contributed by atoms with E-state index in [4.69, 9.17) is 4.74 Å². The molecule has 1 aromatic rings. The van der Waals surface area contributed by atoms with Crippen molar-refractivity contribution in [2.45, 2.75) is 25.4 Å². The van der Waals surface area contributed by atoms with Gasteiger partial charge in [-0.2, -0.15) is 0 Å². The third-order valence-corrected chi connectivity index (χ3v) is 4.80. The predicted molar refractivity (Wildman–Crippen MR) is 77.4 cm³/mol. The number of likely N-dealkylation sites (tertiary alicyclic amines) is 2. The summed E-state index contributed by atoms with van der Waals surface area (Å²) in [6, 6.07) is 11.5. The van der Waals surface area contributed by atoms with Crippen molar-refractivity contribution in [2.24, 2.45) is 5.92 Å². The van der Waals surface area contributed by atoms with Crippen LogP contribution in [-0.4, -0.2) is 48.7 Å². The van der Waals surface area contributed by atoms with Crippen molar-refractivity contribution in [3.05, 3.63) is 35.9 Å². The van der Waals surface area contributed by atoms with Crippen molar-refractivity contribution < 1.29 is 9.53 Å². The largest absolute Gasteiger partial charge is 0.453 e. The van der Waals surface area contributed by atoms with Gasteiger partial charge in [-0.15, -0.1) is 0 Å². The highest BCUT2D eigenvalue weighted by Crippen LogP contribution is 2.37. The minimum Gasteiger partial charge on any atom is -0.453 e. The van der Waals surface area contributed by atoms with E-state index in [-0.39, 0.29) is 6.09 Å². The predicted octanol–water partition coefficient (Wildman–Crippen LogP) is 2.52. The molecule has 20 heavy (non-hydrogen) atoms. The Bertz CT molecular complexity index is 477. The summed E-state index contributed by atoms with van der Waals surface area (Å²) in [4.78, 5) is 16.1. The van der Waals surface area contributed by atoms with Gasteiger partial charge in [0.15, 0.2) is 0 Å². The number of fused-ring (bicyclic) bond motifs is 1. The SMILES string of the molecule is COC(=O)N1C[C@@H]2CCN([C@@H](C)c3ccccc3)[C@@H]2C1. The van der Waals surface area contributed by atoms with Crippen LogP contribution >= 0.6 is 0 Å². The number of nitrogens with zero attached hydrogens (tertiary/aromatic N) is 2. The second-order valence-electron chi connectivity index (χ2n) is 5.82. The van der Waals surface area contributed by atoms with E-state index < -0.39 is 0 Å². The summed E-state index contributed by atoms with van der Waals surface area (Å²) >= 11 is 0. The van der Waals surface area contributed by atoms with Gasteiger partial charge in [-0.25, -0.2) is 4.79 Å². The van der Waals surface area contributed by atoms with Crippen LogP contribution < -0.4 is 0 Å². The minimum absolute atomic E-state index is 0.188. The van der Waals surface area contributed by atoms with Crippen molar-refractivity contribution in [2.75, 3.05) is 26.7 Å². The molecule has 3 atom stereocenters. The molecule has 0 radical (unpaired) electrons. The van der Waals surface area contributed by atoms with Gasteiger partial charge < -0.3 is 9.64 Å². The standard InChI is InChI=1S/C16H22N2O2/c1-12(13-6-4-3-5-7-13)18-9-8-14-10-17(11-15(14)18)16(19)20-2/h3-7,12,14-15H,8-11H2,1-2H3/t12-,14-,15+/m0/s1. The maximum absolute atomic E-state index is 11.7. The van der Waals surface area contributed by atoms with E-state index in [9.17, 15) is 4.79 Å². The van der Waals surface area contributed by atoms with Gasteiger partial charge in [0.05, 0.1) is 7.11 Å². The Morgan fingerprint density at radius 1 is 1.30 bits per heavy atom. The van der Waals surface area contributed by atoms with Gasteiger partial charge in [-0.1, -0.05) is 30.3 Å². The molecule has 0 saturated carbocycles. The number of hydrogen-bond donors (Lipinski definition) is 0. The van der Waals surface area contributed by atoms with Gasteiger partial charge in [0, 0.05) is 25.2 Å². The molecule has 2 heterocycles. The van der Waals surface area contributed by atoms with E-state index in [2.05, 4.69) is 42.2 Å². The van der Waals surface area contributed by atoms with Crippen LogP contribution in [0, 0.1) is 5.92 Å². The van der Waals surface area contributed by atoms with Gasteiger partial charge in [-0.05, 0) is 31.4 Å². The Hall–Kier alpha value is -1.55. The number of benzene rings is 1. The normalized spacial score (nSPS) is 27.4. The first-order valence-corrected chi connectivity index (χ1v) is 7.34. The Morgan fingerprint density at radius 3 is 2.75 bits per heavy atom. The average molecular weight is 274 g/mol. The van der Waals surface area contributed by atoms with Crippen LogP contribution in [0.25, 0.3) is 0 Å². The maximum Gasteiger partial charge on any atom is 0.409 e. The number of rotatable bonds is 2. The number of ether oxygens (including phenoxy) is 1. The van der Waals surface area contributed by atoms with E-state index in [1.807, 2.05) is 4.90 Å². The molecule has 1 aromatic carbocycles. The lowest BCUT2D eigenvalue weighted by molar-refractivity contribution is 0.122. The Kier molecular flexibility index (Phi) is 3.66. The van der Waals surface area contributed by atoms with Gasteiger partial charge in [0.25, 0.3) is 0 Å². The number of carbonyl (C=O) groups is 1. The number of amides is 1. The molecule has 0 aromatic heterocycles. The van der Waals surface area contributed by atoms with E-state index in [1.54, 1.807) is 0 Å². The average Bonchev–Trinajstić information content (AvgIpc) is 3.06. The molecule has 0 aliphatic carbocycles. The number of hydrogen-bond acceptors (Lipinski definition) is 3. The van der Waals surface area contributed by atoms with Crippen molar-refractivity contribution in [3.8, 4) is 0 Å². The molecule has 2 saturated heterocycles. The number of methoxy groups -OCH3 is 1.